The number of carbonyl (C=O) groups is 1. The second-order valence-corrected chi connectivity index (χ2v) is 7.93. The van der Waals surface area contributed by atoms with Crippen molar-refractivity contribution in [1.82, 2.24) is 4.31 Å². The molecular weight excluding hydrogens is 416 g/mol. The summed E-state index contributed by atoms with van der Waals surface area (Å²) in [6.07, 6.45) is -0.328. The molecule has 9 heteroatoms. The number of carbonyl (C=O) groups excluding carboxylic acids is 1. The summed E-state index contributed by atoms with van der Waals surface area (Å²) in [5, 5.41) is 9.54. The molecule has 0 atom stereocenters. The summed E-state index contributed by atoms with van der Waals surface area (Å²) in [6, 6.07) is 16.8. The van der Waals surface area contributed by atoms with Crippen LogP contribution in [0.3, 0.4) is 0 Å². The second kappa shape index (κ2) is 10.5. The maximum atomic E-state index is 12.9. The first-order chi connectivity index (χ1) is 13.9. The van der Waals surface area contributed by atoms with Crippen LogP contribution in [0.25, 0.3) is 0 Å². The molecule has 0 aliphatic carbocycles. The van der Waals surface area contributed by atoms with Gasteiger partial charge in [0.05, 0.1) is 13.2 Å². The lowest BCUT2D eigenvalue weighted by Crippen LogP contribution is -2.37. The van der Waals surface area contributed by atoms with E-state index >= 15 is 0 Å². The number of ether oxygens (including phenoxy) is 2. The molecule has 0 saturated carbocycles. The number of sulfonamides is 1. The van der Waals surface area contributed by atoms with Gasteiger partial charge in [-0.1, -0.05) is 60.1 Å². The van der Waals surface area contributed by atoms with E-state index in [4.69, 9.17) is 21.1 Å². The van der Waals surface area contributed by atoms with Crippen LogP contribution in [0.5, 0.6) is 0 Å². The molecule has 0 aliphatic rings. The Kier molecular flexibility index (Phi) is 8.07. The van der Waals surface area contributed by atoms with Gasteiger partial charge in [0.2, 0.25) is 0 Å². The maximum absolute atomic E-state index is 12.9. The summed E-state index contributed by atoms with van der Waals surface area (Å²) in [4.78, 5) is 12.0. The Morgan fingerprint density at radius 1 is 1.17 bits per heavy atom. The first kappa shape index (κ1) is 22.3. The number of halogens is 1. The molecule has 0 saturated heterocycles. The average Bonchev–Trinajstić information content (AvgIpc) is 2.72. The molecule has 0 radical (unpaired) electrons. The van der Waals surface area contributed by atoms with Crippen LogP contribution in [0.2, 0.25) is 5.02 Å². The summed E-state index contributed by atoms with van der Waals surface area (Å²) in [5.41, 5.74) is 1.06. The van der Waals surface area contributed by atoms with Gasteiger partial charge in [-0.2, -0.15) is 18.0 Å². The van der Waals surface area contributed by atoms with Gasteiger partial charge in [0.1, 0.15) is 18.9 Å². The minimum atomic E-state index is -4.53. The average molecular weight is 435 g/mol. The molecule has 1 amide bonds. The Labute approximate surface area is 174 Å². The van der Waals surface area contributed by atoms with Crippen LogP contribution in [0, 0.1) is 11.3 Å². The van der Waals surface area contributed by atoms with Crippen molar-refractivity contribution in [2.75, 3.05) is 6.61 Å². The van der Waals surface area contributed by atoms with Crippen LogP contribution in [-0.4, -0.2) is 25.4 Å². The minimum Gasteiger partial charge on any atom is -0.499 e. The van der Waals surface area contributed by atoms with Crippen LogP contribution in [0.4, 0.5) is 4.79 Å². The number of nitrogens with zero attached hydrogens (tertiary/aromatic N) is 2. The van der Waals surface area contributed by atoms with Crippen molar-refractivity contribution in [2.24, 2.45) is 0 Å². The van der Waals surface area contributed by atoms with E-state index in [1.54, 1.807) is 67.6 Å². The van der Waals surface area contributed by atoms with E-state index in [-0.39, 0.29) is 18.2 Å². The van der Waals surface area contributed by atoms with Crippen molar-refractivity contribution >= 4 is 27.7 Å². The summed E-state index contributed by atoms with van der Waals surface area (Å²) >= 11 is 6.12. The van der Waals surface area contributed by atoms with Gasteiger partial charge >= 0.3 is 6.09 Å². The van der Waals surface area contributed by atoms with Crippen LogP contribution in [0.15, 0.2) is 65.8 Å². The summed E-state index contributed by atoms with van der Waals surface area (Å²) in [5.74, 6) is 0. The maximum Gasteiger partial charge on any atom is 0.424 e. The van der Waals surface area contributed by atoms with Gasteiger partial charge in [0, 0.05) is 5.02 Å². The zero-order valence-corrected chi connectivity index (χ0v) is 17.2. The van der Waals surface area contributed by atoms with Gasteiger partial charge in [-0.25, -0.2) is 4.79 Å². The summed E-state index contributed by atoms with van der Waals surface area (Å²) < 4.78 is 36.5. The Hall–Kier alpha value is -3.02. The largest absolute Gasteiger partial charge is 0.499 e. The molecule has 0 fully saturated rings. The van der Waals surface area contributed by atoms with Gasteiger partial charge in [0.15, 0.2) is 4.91 Å². The molecular formula is C20H19ClN2O5S. The number of nitriles is 1. The third-order valence-electron chi connectivity index (χ3n) is 3.72. The van der Waals surface area contributed by atoms with E-state index in [1.165, 1.54) is 0 Å². The quantitative estimate of drug-likeness (QED) is 0.456. The van der Waals surface area contributed by atoms with Gasteiger partial charge in [0.25, 0.3) is 10.0 Å². The molecule has 0 N–H and O–H groups in total. The summed E-state index contributed by atoms with van der Waals surface area (Å²) in [6.45, 7) is 1.25. The summed E-state index contributed by atoms with van der Waals surface area (Å²) in [7, 11) is -4.53. The highest BCUT2D eigenvalue weighted by molar-refractivity contribution is 7.93. The molecule has 0 unspecified atom stereocenters. The molecule has 2 aromatic rings. The topological polar surface area (TPSA) is 96.7 Å². The Morgan fingerprint density at radius 3 is 2.45 bits per heavy atom. The number of allylic oxidation sites excluding steroid dienone is 1. The molecule has 7 nitrogen and oxygen atoms in total. The normalized spacial score (nSPS) is 11.4. The van der Waals surface area contributed by atoms with Gasteiger partial charge in [-0.05, 0) is 24.1 Å². The highest BCUT2D eigenvalue weighted by Gasteiger charge is 2.34. The molecule has 0 heterocycles. The van der Waals surface area contributed by atoms with E-state index in [1.807, 2.05) is 0 Å². The lowest BCUT2D eigenvalue weighted by Gasteiger charge is -2.22. The number of hydrogen-bond donors (Lipinski definition) is 0. The molecule has 152 valence electrons. The van der Waals surface area contributed by atoms with Gasteiger partial charge in [-0.3, -0.25) is 0 Å². The smallest absolute Gasteiger partial charge is 0.424 e. The van der Waals surface area contributed by atoms with Crippen LogP contribution >= 0.6 is 11.6 Å². The molecule has 2 aromatic carbocycles. The third kappa shape index (κ3) is 5.98. The Balaban J connectivity index is 2.35. The van der Waals surface area contributed by atoms with Crippen molar-refractivity contribution in [2.45, 2.75) is 20.1 Å². The number of hydrogen-bond acceptors (Lipinski definition) is 6. The van der Waals surface area contributed by atoms with Crippen LogP contribution < -0.4 is 0 Å². The molecule has 0 bridgehead atoms. The number of amides is 1. The Bertz CT molecular complexity index is 1020. The lowest BCUT2D eigenvalue weighted by molar-refractivity contribution is 0.118. The number of benzene rings is 2. The Morgan fingerprint density at radius 2 is 1.83 bits per heavy atom. The predicted octanol–water partition coefficient (Wildman–Crippen LogP) is 4.21. The zero-order chi connectivity index (χ0) is 21.3. The van der Waals surface area contributed by atoms with Gasteiger partial charge in [-0.15, -0.1) is 0 Å². The zero-order valence-electron chi connectivity index (χ0n) is 15.6. The van der Waals surface area contributed by atoms with Crippen molar-refractivity contribution in [3.05, 3.63) is 81.9 Å². The monoisotopic (exact) mass is 434 g/mol. The third-order valence-corrected chi connectivity index (χ3v) is 5.69. The fourth-order valence-corrected chi connectivity index (χ4v) is 3.54. The standard InChI is InChI=1S/C20H19ClN2O5S/c1-2-27-15-18(12-22)29(25,26)23(13-17-10-6-7-11-19(17)21)20(24)28-14-16-8-4-3-5-9-16/h3-11,15H,2,13-14H2,1H3/b18-15+. The highest BCUT2D eigenvalue weighted by Crippen LogP contribution is 2.23. The highest BCUT2D eigenvalue weighted by atomic mass is 35.5. The predicted molar refractivity (Wildman–Crippen MR) is 108 cm³/mol. The van der Waals surface area contributed by atoms with E-state index in [2.05, 4.69) is 0 Å². The molecule has 0 aliphatic heterocycles. The fraction of sp³-hybridized carbons (Fsp3) is 0.200. The van der Waals surface area contributed by atoms with Crippen molar-refractivity contribution in [3.8, 4) is 6.07 Å². The van der Waals surface area contributed by atoms with Crippen LogP contribution in [0.1, 0.15) is 18.1 Å². The van der Waals surface area contributed by atoms with Crippen molar-refractivity contribution in [3.63, 3.8) is 0 Å². The van der Waals surface area contributed by atoms with E-state index < -0.39 is 27.6 Å². The lowest BCUT2D eigenvalue weighted by atomic mass is 10.2. The second-order valence-electron chi connectivity index (χ2n) is 5.69. The van der Waals surface area contributed by atoms with E-state index in [9.17, 15) is 18.5 Å². The van der Waals surface area contributed by atoms with Crippen molar-refractivity contribution in [1.29, 1.82) is 5.26 Å². The minimum absolute atomic E-state index is 0.134. The first-order valence-corrected chi connectivity index (χ1v) is 10.4. The first-order valence-electron chi connectivity index (χ1n) is 8.58. The van der Waals surface area contributed by atoms with Gasteiger partial charge < -0.3 is 9.47 Å². The fourth-order valence-electron chi connectivity index (χ4n) is 2.24. The molecule has 0 aromatic heterocycles. The van der Waals surface area contributed by atoms with E-state index in [0.29, 0.717) is 15.4 Å². The van der Waals surface area contributed by atoms with Crippen molar-refractivity contribution < 1.29 is 22.7 Å². The number of rotatable bonds is 8. The molecule has 29 heavy (non-hydrogen) atoms. The molecule has 2 rings (SSSR count). The molecule has 0 spiro atoms. The van der Waals surface area contributed by atoms with Crippen LogP contribution in [-0.2, 0) is 32.6 Å². The SMILES string of the molecule is CCO/C=C(\C#N)S(=O)(=O)N(Cc1ccccc1Cl)C(=O)OCc1ccccc1. The van der Waals surface area contributed by atoms with E-state index in [0.717, 1.165) is 6.26 Å².